The normalized spacial score (nSPS) is 43.3. The molecule has 0 spiro atoms. The number of carbonyl (C=O) groups excluding carboxylic acids is 1. The second kappa shape index (κ2) is 7.16. The lowest BCUT2D eigenvalue weighted by molar-refractivity contribution is -0.145. The number of likely N-dealkylation sites (tertiary alicyclic amines) is 1. The van der Waals surface area contributed by atoms with Crippen LogP contribution in [0.3, 0.4) is 0 Å². The summed E-state index contributed by atoms with van der Waals surface area (Å²) in [7, 11) is 4.31. The summed E-state index contributed by atoms with van der Waals surface area (Å²) in [6.45, 7) is 7.40. The zero-order valence-corrected chi connectivity index (χ0v) is 17.4. The summed E-state index contributed by atoms with van der Waals surface area (Å²) in [6.07, 6.45) is 6.94. The third kappa shape index (κ3) is 3.16. The number of fused-ring (bicyclic) bond motifs is 2. The van der Waals surface area contributed by atoms with Crippen molar-refractivity contribution < 1.29 is 14.6 Å². The lowest BCUT2D eigenvalue weighted by Crippen LogP contribution is -2.55. The van der Waals surface area contributed by atoms with Crippen molar-refractivity contribution in [2.24, 2.45) is 23.2 Å². The number of ether oxygens (including phenoxy) is 1. The van der Waals surface area contributed by atoms with Crippen LogP contribution in [0, 0.1) is 23.2 Å². The highest BCUT2D eigenvalue weighted by Gasteiger charge is 2.59. The highest BCUT2D eigenvalue weighted by Crippen LogP contribution is 2.56. The Morgan fingerprint density at radius 3 is 2.74 bits per heavy atom. The number of esters is 1. The lowest BCUT2D eigenvalue weighted by atomic mass is 9.55. The van der Waals surface area contributed by atoms with E-state index in [0.717, 1.165) is 45.2 Å². The van der Waals surface area contributed by atoms with Crippen molar-refractivity contribution in [3.05, 3.63) is 11.6 Å². The second-order valence-electron chi connectivity index (χ2n) is 9.77. The van der Waals surface area contributed by atoms with E-state index in [1.165, 1.54) is 5.57 Å². The summed E-state index contributed by atoms with van der Waals surface area (Å²) in [5, 5.41) is 11.5. The van der Waals surface area contributed by atoms with Crippen LogP contribution < -0.4 is 0 Å². The fraction of sp³-hybridized carbons (Fsp3) is 0.864. The van der Waals surface area contributed by atoms with Gasteiger partial charge in [-0.25, -0.2) is 0 Å². The first-order chi connectivity index (χ1) is 12.8. The maximum atomic E-state index is 12.8. The smallest absolute Gasteiger partial charge is 0.311 e. The molecule has 0 aromatic carbocycles. The van der Waals surface area contributed by atoms with E-state index in [0.29, 0.717) is 18.5 Å². The van der Waals surface area contributed by atoms with E-state index >= 15 is 0 Å². The summed E-state index contributed by atoms with van der Waals surface area (Å²) >= 11 is 0. The first-order valence-electron chi connectivity index (χ1n) is 10.8. The van der Waals surface area contributed by atoms with Gasteiger partial charge in [-0.1, -0.05) is 25.5 Å². The quantitative estimate of drug-likeness (QED) is 0.605. The van der Waals surface area contributed by atoms with Gasteiger partial charge in [0.25, 0.3) is 0 Å². The summed E-state index contributed by atoms with van der Waals surface area (Å²) in [6, 6.07) is 0.522. The molecule has 2 heterocycles. The summed E-state index contributed by atoms with van der Waals surface area (Å²) in [4.78, 5) is 17.5. The number of aliphatic hydroxyl groups is 1. The van der Waals surface area contributed by atoms with E-state index in [-0.39, 0.29) is 29.3 Å². The molecule has 0 aromatic rings. The highest BCUT2D eigenvalue weighted by atomic mass is 16.6. The van der Waals surface area contributed by atoms with Crippen molar-refractivity contribution in [3.63, 3.8) is 0 Å². The van der Waals surface area contributed by atoms with Crippen molar-refractivity contribution >= 4 is 5.97 Å². The molecule has 2 saturated heterocycles. The molecule has 0 bridgehead atoms. The Bertz CT molecular complexity index is 613. The predicted molar refractivity (Wildman–Crippen MR) is 105 cm³/mol. The first-order valence-corrected chi connectivity index (χ1v) is 10.8. The summed E-state index contributed by atoms with van der Waals surface area (Å²) in [5.74, 6) is 0.0619. The molecule has 152 valence electrons. The molecule has 6 atom stereocenters. The molecule has 2 aliphatic carbocycles. The number of aliphatic hydroxyl groups excluding tert-OH is 1. The topological polar surface area (TPSA) is 53.0 Å². The van der Waals surface area contributed by atoms with Crippen LogP contribution in [0.15, 0.2) is 11.6 Å². The van der Waals surface area contributed by atoms with Crippen LogP contribution in [0.4, 0.5) is 0 Å². The van der Waals surface area contributed by atoms with E-state index < -0.39 is 6.10 Å². The number of hydrogen-bond donors (Lipinski definition) is 1. The first kappa shape index (κ1) is 19.4. The molecule has 4 aliphatic rings. The van der Waals surface area contributed by atoms with Gasteiger partial charge in [0, 0.05) is 30.3 Å². The standard InChI is InChI=1S/C22H36N2O3/c1-14-6-5-7-15-12-18-19(20(25)22(14,15)2)17(21(26)27-18)13-24(4)16-8-10-23(3)11-9-16/h7,14,16-20,25H,5-6,8-13H2,1-4H3/t14-,17-,18+,19+,20-,22+/m0/s1. The minimum absolute atomic E-state index is 0.0751. The van der Waals surface area contributed by atoms with Crippen LogP contribution in [0.1, 0.15) is 46.0 Å². The van der Waals surface area contributed by atoms with Gasteiger partial charge in [-0.3, -0.25) is 4.79 Å². The van der Waals surface area contributed by atoms with Gasteiger partial charge in [-0.05, 0) is 58.8 Å². The molecule has 1 N–H and O–H groups in total. The lowest BCUT2D eigenvalue weighted by Gasteiger charge is -2.52. The van der Waals surface area contributed by atoms with Crippen LogP contribution in [0.2, 0.25) is 0 Å². The number of piperidine rings is 1. The Morgan fingerprint density at radius 2 is 2.04 bits per heavy atom. The average molecular weight is 377 g/mol. The van der Waals surface area contributed by atoms with Crippen molar-refractivity contribution in [3.8, 4) is 0 Å². The fourth-order valence-electron chi connectivity index (χ4n) is 6.17. The van der Waals surface area contributed by atoms with Crippen molar-refractivity contribution in [1.82, 2.24) is 9.80 Å². The van der Waals surface area contributed by atoms with Gasteiger partial charge in [0.05, 0.1) is 12.0 Å². The third-order valence-electron chi connectivity index (χ3n) is 8.37. The van der Waals surface area contributed by atoms with Gasteiger partial charge in [-0.2, -0.15) is 0 Å². The van der Waals surface area contributed by atoms with Crippen molar-refractivity contribution in [2.45, 2.75) is 64.2 Å². The van der Waals surface area contributed by atoms with E-state index in [1.54, 1.807) is 0 Å². The number of hydrogen-bond acceptors (Lipinski definition) is 5. The third-order valence-corrected chi connectivity index (χ3v) is 8.37. The molecule has 5 nitrogen and oxygen atoms in total. The Balaban J connectivity index is 1.52. The number of rotatable bonds is 3. The number of nitrogens with zero attached hydrogens (tertiary/aromatic N) is 2. The molecule has 3 fully saturated rings. The Labute approximate surface area is 163 Å². The minimum Gasteiger partial charge on any atom is -0.461 e. The molecule has 0 radical (unpaired) electrons. The van der Waals surface area contributed by atoms with Crippen LogP contribution >= 0.6 is 0 Å². The Kier molecular flexibility index (Phi) is 5.15. The van der Waals surface area contributed by atoms with Gasteiger partial charge < -0.3 is 19.6 Å². The van der Waals surface area contributed by atoms with Gasteiger partial charge in [-0.15, -0.1) is 0 Å². The van der Waals surface area contributed by atoms with E-state index in [1.807, 2.05) is 0 Å². The van der Waals surface area contributed by atoms with E-state index in [4.69, 9.17) is 4.74 Å². The molecule has 1 saturated carbocycles. The average Bonchev–Trinajstić information content (AvgIpc) is 2.94. The Hall–Kier alpha value is -0.910. The van der Waals surface area contributed by atoms with Gasteiger partial charge in [0.15, 0.2) is 0 Å². The monoisotopic (exact) mass is 376 g/mol. The molecule has 4 rings (SSSR count). The largest absolute Gasteiger partial charge is 0.461 e. The maximum absolute atomic E-state index is 12.8. The molecule has 5 heteroatoms. The molecule has 0 aromatic heterocycles. The van der Waals surface area contributed by atoms with Gasteiger partial charge >= 0.3 is 5.97 Å². The zero-order valence-electron chi connectivity index (χ0n) is 17.4. The zero-order chi connectivity index (χ0) is 19.3. The van der Waals surface area contributed by atoms with Crippen molar-refractivity contribution in [2.75, 3.05) is 33.7 Å². The van der Waals surface area contributed by atoms with Gasteiger partial charge in [0.2, 0.25) is 0 Å². The molecule has 2 aliphatic heterocycles. The molecular weight excluding hydrogens is 340 g/mol. The number of allylic oxidation sites excluding steroid dienone is 1. The SMILES string of the molecule is C[C@H]1CCC=C2C[C@H]3OC(=O)[C@@H](CN(C)C4CCN(C)CC4)[C@H]3[C@H](O)[C@@]21C. The van der Waals surface area contributed by atoms with Crippen molar-refractivity contribution in [1.29, 1.82) is 0 Å². The molecular formula is C22H36N2O3. The van der Waals surface area contributed by atoms with Crippen LogP contribution in [0.25, 0.3) is 0 Å². The highest BCUT2D eigenvalue weighted by molar-refractivity contribution is 5.76. The van der Waals surface area contributed by atoms with Gasteiger partial charge in [0.1, 0.15) is 6.10 Å². The van der Waals surface area contributed by atoms with Crippen LogP contribution in [-0.2, 0) is 9.53 Å². The summed E-state index contributed by atoms with van der Waals surface area (Å²) in [5.41, 5.74) is 1.10. The second-order valence-corrected chi connectivity index (χ2v) is 9.77. The van der Waals surface area contributed by atoms with E-state index in [2.05, 4.69) is 43.8 Å². The maximum Gasteiger partial charge on any atom is 0.311 e. The number of carbonyl (C=O) groups is 1. The van der Waals surface area contributed by atoms with E-state index in [9.17, 15) is 9.90 Å². The fourth-order valence-corrected chi connectivity index (χ4v) is 6.17. The Morgan fingerprint density at radius 1 is 1.33 bits per heavy atom. The molecule has 0 amide bonds. The molecule has 0 unspecified atom stereocenters. The summed E-state index contributed by atoms with van der Waals surface area (Å²) < 4.78 is 5.81. The van der Waals surface area contributed by atoms with Crippen LogP contribution in [-0.4, -0.2) is 72.9 Å². The van der Waals surface area contributed by atoms with Crippen LogP contribution in [0.5, 0.6) is 0 Å². The minimum atomic E-state index is -0.500. The predicted octanol–water partition coefficient (Wildman–Crippen LogP) is 2.30. The molecule has 27 heavy (non-hydrogen) atoms.